The maximum Gasteiger partial charge on any atom is 0.248 e. The fourth-order valence-corrected chi connectivity index (χ4v) is 4.07. The minimum Gasteiger partial charge on any atom is -0.326 e. The third-order valence-corrected chi connectivity index (χ3v) is 5.54. The van der Waals surface area contributed by atoms with Gasteiger partial charge in [0, 0.05) is 61.9 Å². The number of benzene rings is 1. The Bertz CT molecular complexity index is 977. The number of aryl methyl sites for hydroxylation is 1. The van der Waals surface area contributed by atoms with Gasteiger partial charge in [0.15, 0.2) is 0 Å². The van der Waals surface area contributed by atoms with Gasteiger partial charge in [0.1, 0.15) is 5.69 Å². The highest BCUT2D eigenvalue weighted by Crippen LogP contribution is 2.34. The smallest absolute Gasteiger partial charge is 0.248 e. The number of H-pyrrole nitrogens is 1. The van der Waals surface area contributed by atoms with E-state index >= 15 is 0 Å². The SMILES string of the molecule is Cn1cc(-c2cc(=O)[nH]c3c2CCN(CP)CC3)c(-c2ccccc2)n1. The van der Waals surface area contributed by atoms with Crippen molar-refractivity contribution in [3.8, 4) is 22.4 Å². The lowest BCUT2D eigenvalue weighted by molar-refractivity contribution is 0.337. The number of nitrogens with one attached hydrogen (secondary N) is 1. The van der Waals surface area contributed by atoms with E-state index in [4.69, 9.17) is 0 Å². The predicted molar refractivity (Wildman–Crippen MR) is 108 cm³/mol. The molecule has 0 saturated carbocycles. The van der Waals surface area contributed by atoms with Crippen LogP contribution in [0, 0.1) is 0 Å². The molecule has 3 heterocycles. The number of hydrogen-bond acceptors (Lipinski definition) is 3. The molecule has 5 nitrogen and oxygen atoms in total. The molecule has 4 rings (SSSR count). The molecular formula is C20H23N4OP. The minimum absolute atomic E-state index is 0.0408. The van der Waals surface area contributed by atoms with Gasteiger partial charge in [0.2, 0.25) is 5.56 Å². The normalized spacial score (nSPS) is 14.8. The second-order valence-electron chi connectivity index (χ2n) is 6.74. The van der Waals surface area contributed by atoms with Crippen LogP contribution in [0.2, 0.25) is 0 Å². The Morgan fingerprint density at radius 2 is 1.92 bits per heavy atom. The molecule has 1 aliphatic heterocycles. The molecule has 1 atom stereocenters. The van der Waals surface area contributed by atoms with Crippen LogP contribution in [0.25, 0.3) is 22.4 Å². The van der Waals surface area contributed by atoms with Crippen molar-refractivity contribution in [1.82, 2.24) is 19.7 Å². The van der Waals surface area contributed by atoms with Crippen molar-refractivity contribution in [2.45, 2.75) is 12.8 Å². The molecule has 0 saturated heterocycles. The molecule has 2 aromatic heterocycles. The van der Waals surface area contributed by atoms with Crippen LogP contribution in [0.3, 0.4) is 0 Å². The fourth-order valence-electron chi connectivity index (χ4n) is 3.71. The molecule has 0 radical (unpaired) electrons. The zero-order chi connectivity index (χ0) is 18.1. The molecular weight excluding hydrogens is 343 g/mol. The van der Waals surface area contributed by atoms with Gasteiger partial charge in [0.05, 0.1) is 0 Å². The van der Waals surface area contributed by atoms with E-state index in [0.717, 1.165) is 60.3 Å². The second kappa shape index (κ2) is 7.18. The molecule has 1 N–H and O–H groups in total. The number of pyridine rings is 1. The monoisotopic (exact) mass is 366 g/mol. The van der Waals surface area contributed by atoms with Gasteiger partial charge in [-0.05, 0) is 17.5 Å². The van der Waals surface area contributed by atoms with Gasteiger partial charge in [-0.25, -0.2) is 0 Å². The Morgan fingerprint density at radius 1 is 1.15 bits per heavy atom. The largest absolute Gasteiger partial charge is 0.326 e. The summed E-state index contributed by atoms with van der Waals surface area (Å²) in [6.07, 6.45) is 4.78. The molecule has 6 heteroatoms. The third kappa shape index (κ3) is 3.25. The van der Waals surface area contributed by atoms with Crippen molar-refractivity contribution in [2.75, 3.05) is 19.4 Å². The van der Waals surface area contributed by atoms with Gasteiger partial charge in [-0.2, -0.15) is 5.10 Å². The molecule has 0 aliphatic carbocycles. The van der Waals surface area contributed by atoms with E-state index in [2.05, 4.69) is 36.4 Å². The lowest BCUT2D eigenvalue weighted by Crippen LogP contribution is -2.24. The molecule has 0 bridgehead atoms. The molecule has 0 spiro atoms. The van der Waals surface area contributed by atoms with Crippen LogP contribution >= 0.6 is 9.24 Å². The summed E-state index contributed by atoms with van der Waals surface area (Å²) in [6.45, 7) is 1.96. The van der Waals surface area contributed by atoms with Crippen LogP contribution in [0.15, 0.2) is 47.4 Å². The van der Waals surface area contributed by atoms with Gasteiger partial charge < -0.3 is 4.98 Å². The van der Waals surface area contributed by atoms with E-state index in [1.165, 1.54) is 5.56 Å². The van der Waals surface area contributed by atoms with E-state index in [1.807, 2.05) is 36.1 Å². The number of fused-ring (bicyclic) bond motifs is 1. The first-order chi connectivity index (χ1) is 12.7. The molecule has 3 aromatic rings. The molecule has 26 heavy (non-hydrogen) atoms. The number of aromatic nitrogens is 3. The van der Waals surface area contributed by atoms with E-state index in [1.54, 1.807) is 6.07 Å². The predicted octanol–water partition coefficient (Wildman–Crippen LogP) is 2.68. The van der Waals surface area contributed by atoms with Crippen LogP contribution in [0.5, 0.6) is 0 Å². The second-order valence-corrected chi connectivity index (χ2v) is 7.10. The first kappa shape index (κ1) is 17.2. The van der Waals surface area contributed by atoms with Crippen molar-refractivity contribution in [3.05, 3.63) is 64.2 Å². The first-order valence-electron chi connectivity index (χ1n) is 8.92. The Kier molecular flexibility index (Phi) is 4.75. The van der Waals surface area contributed by atoms with Crippen molar-refractivity contribution in [3.63, 3.8) is 0 Å². The topological polar surface area (TPSA) is 53.9 Å². The van der Waals surface area contributed by atoms with Crippen molar-refractivity contribution < 1.29 is 0 Å². The Labute approximate surface area is 155 Å². The highest BCUT2D eigenvalue weighted by atomic mass is 31.0. The minimum atomic E-state index is -0.0408. The number of nitrogens with zero attached hydrogens (tertiary/aromatic N) is 3. The lowest BCUT2D eigenvalue weighted by atomic mass is 9.94. The maximum absolute atomic E-state index is 12.4. The van der Waals surface area contributed by atoms with Gasteiger partial charge in [-0.15, -0.1) is 9.24 Å². The molecule has 134 valence electrons. The van der Waals surface area contributed by atoms with Gasteiger partial charge in [0.25, 0.3) is 0 Å². The third-order valence-electron chi connectivity index (χ3n) is 5.02. The van der Waals surface area contributed by atoms with Crippen molar-refractivity contribution in [2.24, 2.45) is 7.05 Å². The summed E-state index contributed by atoms with van der Waals surface area (Å²) in [7, 11) is 4.72. The van der Waals surface area contributed by atoms with E-state index < -0.39 is 0 Å². The molecule has 0 amide bonds. The van der Waals surface area contributed by atoms with Gasteiger partial charge in [-0.1, -0.05) is 30.3 Å². The summed E-state index contributed by atoms with van der Waals surface area (Å²) in [5.41, 5.74) is 6.31. The highest BCUT2D eigenvalue weighted by molar-refractivity contribution is 7.16. The summed E-state index contributed by atoms with van der Waals surface area (Å²) >= 11 is 0. The Morgan fingerprint density at radius 3 is 2.69 bits per heavy atom. The Hall–Kier alpha value is -2.23. The highest BCUT2D eigenvalue weighted by Gasteiger charge is 2.21. The van der Waals surface area contributed by atoms with Crippen LogP contribution in [-0.4, -0.2) is 39.0 Å². The zero-order valence-electron chi connectivity index (χ0n) is 14.9. The summed E-state index contributed by atoms with van der Waals surface area (Å²) in [6, 6.07) is 11.9. The average molecular weight is 366 g/mol. The van der Waals surface area contributed by atoms with E-state index in [-0.39, 0.29) is 5.56 Å². The van der Waals surface area contributed by atoms with E-state index in [9.17, 15) is 4.79 Å². The molecule has 0 fully saturated rings. The average Bonchev–Trinajstić information content (AvgIpc) is 2.92. The van der Waals surface area contributed by atoms with Crippen LogP contribution in [0.4, 0.5) is 0 Å². The first-order valence-corrected chi connectivity index (χ1v) is 9.74. The maximum atomic E-state index is 12.4. The summed E-state index contributed by atoms with van der Waals surface area (Å²) in [5, 5.41) is 4.68. The lowest BCUT2D eigenvalue weighted by Gasteiger charge is -2.16. The molecule has 1 aliphatic rings. The number of hydrogen-bond donors (Lipinski definition) is 1. The number of aromatic amines is 1. The van der Waals surface area contributed by atoms with E-state index in [0.29, 0.717) is 0 Å². The molecule has 1 aromatic carbocycles. The summed E-state index contributed by atoms with van der Waals surface area (Å²) in [5.74, 6) is 0. The summed E-state index contributed by atoms with van der Waals surface area (Å²) < 4.78 is 1.83. The fraction of sp³-hybridized carbons (Fsp3) is 0.300. The van der Waals surface area contributed by atoms with Crippen LogP contribution < -0.4 is 5.56 Å². The standard InChI is InChI=1S/C20H23N4OP/c1-23-12-17(20(22-23)14-5-3-2-4-6-14)16-11-19(25)21-18-8-10-24(13-26)9-7-15(16)18/h2-6,11-12H,7-10,13,26H2,1H3,(H,21,25). The Balaban J connectivity index is 1.88. The quantitative estimate of drug-likeness (QED) is 0.725. The van der Waals surface area contributed by atoms with Gasteiger partial charge in [-0.3, -0.25) is 14.4 Å². The van der Waals surface area contributed by atoms with Crippen LogP contribution in [0.1, 0.15) is 11.3 Å². The summed E-state index contributed by atoms with van der Waals surface area (Å²) in [4.78, 5) is 17.8. The molecule has 1 unspecified atom stereocenters. The van der Waals surface area contributed by atoms with Crippen molar-refractivity contribution >= 4 is 9.24 Å². The van der Waals surface area contributed by atoms with Crippen molar-refractivity contribution in [1.29, 1.82) is 0 Å². The zero-order valence-corrected chi connectivity index (χ0v) is 16.1. The van der Waals surface area contributed by atoms with Gasteiger partial charge >= 0.3 is 0 Å². The van der Waals surface area contributed by atoms with Crippen LogP contribution in [-0.2, 0) is 19.9 Å². The number of rotatable bonds is 3.